The predicted molar refractivity (Wildman–Crippen MR) is 81.9 cm³/mol. The minimum atomic E-state index is 0. The van der Waals surface area contributed by atoms with Crippen LogP contribution in [0.2, 0.25) is 5.02 Å². The van der Waals surface area contributed by atoms with Crippen LogP contribution in [-0.4, -0.2) is 14.1 Å². The van der Waals surface area contributed by atoms with Gasteiger partial charge in [0.05, 0.1) is 0 Å². The molecule has 1 aliphatic carbocycles. The molecule has 1 atom stereocenters. The third-order valence-electron chi connectivity index (χ3n) is 3.77. The number of benzene rings is 1. The van der Waals surface area contributed by atoms with Gasteiger partial charge in [-0.05, 0) is 36.5 Å². The minimum Gasteiger partial charge on any atom is -0.378 e. The Morgan fingerprint density at radius 2 is 1.89 bits per heavy atom. The second-order valence-electron chi connectivity index (χ2n) is 5.17. The molecule has 102 valence electrons. The van der Waals surface area contributed by atoms with Gasteiger partial charge in [-0.15, -0.1) is 12.4 Å². The van der Waals surface area contributed by atoms with Crippen LogP contribution in [0.25, 0.3) is 0 Å². The minimum absolute atomic E-state index is 0. The lowest BCUT2D eigenvalue weighted by atomic mass is 9.92. The molecular weight excluding hydrogens is 267 g/mol. The number of halogens is 2. The van der Waals surface area contributed by atoms with Crippen molar-refractivity contribution in [3.63, 3.8) is 0 Å². The van der Waals surface area contributed by atoms with Gasteiger partial charge in [0.1, 0.15) is 0 Å². The quantitative estimate of drug-likeness (QED) is 0.910. The Kier molecular flexibility index (Phi) is 5.77. The third kappa shape index (κ3) is 3.31. The lowest BCUT2D eigenvalue weighted by molar-refractivity contribution is 0.445. The van der Waals surface area contributed by atoms with Gasteiger partial charge in [-0.1, -0.05) is 30.5 Å². The first-order valence-corrected chi connectivity index (χ1v) is 6.69. The summed E-state index contributed by atoms with van der Waals surface area (Å²) in [7, 11) is 4.03. The van der Waals surface area contributed by atoms with E-state index in [9.17, 15) is 0 Å². The van der Waals surface area contributed by atoms with Crippen LogP contribution < -0.4 is 10.6 Å². The van der Waals surface area contributed by atoms with Gasteiger partial charge in [0.2, 0.25) is 0 Å². The monoisotopic (exact) mass is 288 g/mol. The maximum atomic E-state index is 6.34. The highest BCUT2D eigenvalue weighted by atomic mass is 35.5. The van der Waals surface area contributed by atoms with Crippen LogP contribution in [0.5, 0.6) is 0 Å². The second kappa shape index (κ2) is 6.65. The van der Waals surface area contributed by atoms with Gasteiger partial charge in [0.15, 0.2) is 0 Å². The molecule has 0 spiro atoms. The van der Waals surface area contributed by atoms with E-state index in [1.165, 1.54) is 25.7 Å². The van der Waals surface area contributed by atoms with E-state index in [2.05, 4.69) is 17.0 Å². The third-order valence-corrected chi connectivity index (χ3v) is 4.09. The summed E-state index contributed by atoms with van der Waals surface area (Å²) >= 11 is 6.34. The van der Waals surface area contributed by atoms with Crippen molar-refractivity contribution in [2.75, 3.05) is 19.0 Å². The number of hydrogen-bond acceptors (Lipinski definition) is 2. The summed E-state index contributed by atoms with van der Waals surface area (Å²) in [4.78, 5) is 2.05. The molecule has 2 rings (SSSR count). The molecule has 1 aliphatic rings. The Labute approximate surface area is 121 Å². The van der Waals surface area contributed by atoms with Crippen LogP contribution >= 0.6 is 24.0 Å². The molecular formula is C14H22Cl2N2. The molecule has 0 saturated heterocycles. The molecule has 1 fully saturated rings. The average Bonchev–Trinajstić information content (AvgIpc) is 2.81. The lowest BCUT2D eigenvalue weighted by Crippen LogP contribution is -2.19. The molecule has 1 aromatic carbocycles. The largest absolute Gasteiger partial charge is 0.378 e. The highest BCUT2D eigenvalue weighted by Gasteiger charge is 2.24. The van der Waals surface area contributed by atoms with E-state index in [1.807, 2.05) is 20.2 Å². The summed E-state index contributed by atoms with van der Waals surface area (Å²) in [6.45, 7) is 0. The molecule has 0 amide bonds. The highest BCUT2D eigenvalue weighted by molar-refractivity contribution is 6.31. The molecule has 0 unspecified atom stereocenters. The van der Waals surface area contributed by atoms with Gasteiger partial charge >= 0.3 is 0 Å². The van der Waals surface area contributed by atoms with Crippen LogP contribution in [0.3, 0.4) is 0 Å². The van der Waals surface area contributed by atoms with Crippen molar-refractivity contribution < 1.29 is 0 Å². The van der Waals surface area contributed by atoms with Gasteiger partial charge in [-0.3, -0.25) is 0 Å². The summed E-state index contributed by atoms with van der Waals surface area (Å²) in [6.07, 6.45) is 5.11. The smallest absolute Gasteiger partial charge is 0.0474 e. The van der Waals surface area contributed by atoms with Crippen molar-refractivity contribution in [1.82, 2.24) is 0 Å². The fourth-order valence-electron chi connectivity index (χ4n) is 2.63. The Balaban J connectivity index is 0.00000162. The van der Waals surface area contributed by atoms with E-state index in [4.69, 9.17) is 17.3 Å². The van der Waals surface area contributed by atoms with Crippen molar-refractivity contribution in [2.45, 2.75) is 31.7 Å². The van der Waals surface area contributed by atoms with E-state index in [-0.39, 0.29) is 18.4 Å². The first-order chi connectivity index (χ1) is 8.09. The second-order valence-corrected chi connectivity index (χ2v) is 5.58. The van der Waals surface area contributed by atoms with Crippen molar-refractivity contribution in [3.05, 3.63) is 28.8 Å². The number of rotatable bonds is 3. The molecule has 0 bridgehead atoms. The van der Waals surface area contributed by atoms with Crippen molar-refractivity contribution in [2.24, 2.45) is 11.7 Å². The molecule has 2 N–H and O–H groups in total. The maximum Gasteiger partial charge on any atom is 0.0474 e. The summed E-state index contributed by atoms with van der Waals surface area (Å²) in [6, 6.07) is 6.28. The molecule has 1 aromatic rings. The van der Waals surface area contributed by atoms with Gasteiger partial charge in [0, 0.05) is 30.8 Å². The first-order valence-electron chi connectivity index (χ1n) is 6.32. The number of anilines is 1. The Hall–Kier alpha value is -0.440. The predicted octanol–water partition coefficient (Wildman–Crippen LogP) is 4.02. The number of hydrogen-bond donors (Lipinski definition) is 1. The number of nitrogens with zero attached hydrogens (tertiary/aromatic N) is 1. The zero-order chi connectivity index (χ0) is 12.4. The van der Waals surface area contributed by atoms with Gasteiger partial charge < -0.3 is 10.6 Å². The Morgan fingerprint density at radius 3 is 2.39 bits per heavy atom. The molecule has 4 heteroatoms. The molecule has 0 radical (unpaired) electrons. The number of nitrogens with two attached hydrogens (primary N) is 1. The molecule has 18 heavy (non-hydrogen) atoms. The van der Waals surface area contributed by atoms with Crippen molar-refractivity contribution in [1.29, 1.82) is 0 Å². The van der Waals surface area contributed by atoms with E-state index >= 15 is 0 Å². The van der Waals surface area contributed by atoms with E-state index in [1.54, 1.807) is 0 Å². The van der Waals surface area contributed by atoms with Crippen LogP contribution in [0, 0.1) is 5.92 Å². The standard InChI is InChI=1S/C14H21ClN2.ClH/c1-17(2)11-7-8-12(13(15)9-11)14(16)10-5-3-4-6-10;/h7-10,14H,3-6,16H2,1-2H3;1H/t14-;/m0./s1. The summed E-state index contributed by atoms with van der Waals surface area (Å²) in [5.74, 6) is 0.609. The van der Waals surface area contributed by atoms with Gasteiger partial charge in [-0.2, -0.15) is 0 Å². The van der Waals surface area contributed by atoms with Crippen molar-refractivity contribution >= 4 is 29.7 Å². The van der Waals surface area contributed by atoms with Crippen molar-refractivity contribution in [3.8, 4) is 0 Å². The fraction of sp³-hybridized carbons (Fsp3) is 0.571. The fourth-order valence-corrected chi connectivity index (χ4v) is 2.94. The molecule has 0 aliphatic heterocycles. The first kappa shape index (κ1) is 15.6. The lowest BCUT2D eigenvalue weighted by Gasteiger charge is -2.22. The van der Waals surface area contributed by atoms with Crippen LogP contribution in [-0.2, 0) is 0 Å². The Morgan fingerprint density at radius 1 is 1.28 bits per heavy atom. The zero-order valence-electron chi connectivity index (χ0n) is 11.0. The topological polar surface area (TPSA) is 29.3 Å². The normalized spacial score (nSPS) is 17.3. The van der Waals surface area contributed by atoms with Crippen LogP contribution in [0.15, 0.2) is 18.2 Å². The highest BCUT2D eigenvalue weighted by Crippen LogP contribution is 2.37. The SMILES string of the molecule is CN(C)c1ccc([C@@H](N)C2CCCC2)c(Cl)c1.Cl. The van der Waals surface area contributed by atoms with Crippen LogP contribution in [0.4, 0.5) is 5.69 Å². The van der Waals surface area contributed by atoms with Gasteiger partial charge in [-0.25, -0.2) is 0 Å². The summed E-state index contributed by atoms with van der Waals surface area (Å²) in [5.41, 5.74) is 8.55. The zero-order valence-corrected chi connectivity index (χ0v) is 12.6. The van der Waals surface area contributed by atoms with E-state index in [0.717, 1.165) is 16.3 Å². The van der Waals surface area contributed by atoms with E-state index < -0.39 is 0 Å². The average molecular weight is 289 g/mol. The maximum absolute atomic E-state index is 6.34. The summed E-state index contributed by atoms with van der Waals surface area (Å²) < 4.78 is 0. The molecule has 2 nitrogen and oxygen atoms in total. The summed E-state index contributed by atoms with van der Waals surface area (Å²) in [5, 5.41) is 0.801. The van der Waals surface area contributed by atoms with E-state index in [0.29, 0.717) is 5.92 Å². The van der Waals surface area contributed by atoms with Gasteiger partial charge in [0.25, 0.3) is 0 Å². The molecule has 0 heterocycles. The Bertz CT molecular complexity index is 387. The molecule has 0 aromatic heterocycles. The molecule has 1 saturated carbocycles. The van der Waals surface area contributed by atoms with Crippen LogP contribution in [0.1, 0.15) is 37.3 Å².